The molecular formula is C14H22N4O2. The Kier molecular flexibility index (Phi) is 3.50. The maximum absolute atomic E-state index is 12.5. The van der Waals surface area contributed by atoms with Crippen LogP contribution in [0.2, 0.25) is 0 Å². The fraction of sp³-hybridized carbons (Fsp3) is 0.786. The van der Waals surface area contributed by atoms with E-state index < -0.39 is 5.54 Å². The summed E-state index contributed by atoms with van der Waals surface area (Å²) in [7, 11) is 0. The number of hydrogen-bond acceptors (Lipinski definition) is 5. The van der Waals surface area contributed by atoms with Crippen LogP contribution < -0.4 is 10.6 Å². The predicted octanol–water partition coefficient (Wildman–Crippen LogP) is 1.12. The molecule has 3 rings (SSSR count). The van der Waals surface area contributed by atoms with Crippen molar-refractivity contribution in [3.63, 3.8) is 0 Å². The smallest absolute Gasteiger partial charge is 0.224 e. The van der Waals surface area contributed by atoms with Crippen molar-refractivity contribution >= 4 is 5.91 Å². The largest absolute Gasteiger partial charge is 0.343 e. The van der Waals surface area contributed by atoms with Gasteiger partial charge >= 0.3 is 0 Å². The number of aryl methyl sites for hydroxylation is 1. The van der Waals surface area contributed by atoms with Crippen molar-refractivity contribution in [3.8, 4) is 0 Å². The summed E-state index contributed by atoms with van der Waals surface area (Å²) < 4.78 is 5.10. The quantitative estimate of drug-likeness (QED) is 0.862. The molecule has 6 nitrogen and oxygen atoms in total. The van der Waals surface area contributed by atoms with Crippen molar-refractivity contribution in [1.82, 2.24) is 20.8 Å². The molecule has 1 aromatic heterocycles. The van der Waals surface area contributed by atoms with Gasteiger partial charge in [0.2, 0.25) is 11.8 Å². The number of amides is 1. The summed E-state index contributed by atoms with van der Waals surface area (Å²) >= 11 is 0. The first kappa shape index (κ1) is 13.5. The van der Waals surface area contributed by atoms with E-state index in [2.05, 4.69) is 20.8 Å². The average molecular weight is 278 g/mol. The molecule has 0 radical (unpaired) electrons. The van der Waals surface area contributed by atoms with E-state index in [0.717, 1.165) is 38.8 Å². The van der Waals surface area contributed by atoms with Crippen molar-refractivity contribution < 1.29 is 9.32 Å². The zero-order chi connectivity index (χ0) is 14.2. The van der Waals surface area contributed by atoms with Crippen molar-refractivity contribution in [2.45, 2.75) is 45.1 Å². The van der Waals surface area contributed by atoms with E-state index in [1.807, 2.05) is 6.92 Å². The summed E-state index contributed by atoms with van der Waals surface area (Å²) in [5.74, 6) is 1.78. The van der Waals surface area contributed by atoms with Gasteiger partial charge < -0.3 is 15.2 Å². The van der Waals surface area contributed by atoms with Crippen molar-refractivity contribution in [2.24, 2.45) is 11.8 Å². The molecule has 110 valence electrons. The lowest BCUT2D eigenvalue weighted by molar-refractivity contribution is -0.129. The minimum absolute atomic E-state index is 0.0294. The normalized spacial score (nSPS) is 23.3. The molecule has 1 aliphatic heterocycles. The number of carbonyl (C=O) groups is 1. The molecular weight excluding hydrogens is 256 g/mol. The fourth-order valence-corrected chi connectivity index (χ4v) is 3.10. The number of hydrogen-bond donors (Lipinski definition) is 2. The highest BCUT2D eigenvalue weighted by atomic mass is 16.5. The Bertz CT molecular complexity index is 489. The highest BCUT2D eigenvalue weighted by Gasteiger charge is 2.42. The van der Waals surface area contributed by atoms with E-state index in [-0.39, 0.29) is 11.8 Å². The number of rotatable bonds is 4. The molecule has 1 aromatic rings. The Labute approximate surface area is 118 Å². The minimum atomic E-state index is -0.416. The molecule has 1 aliphatic carbocycles. The maximum atomic E-state index is 12.5. The van der Waals surface area contributed by atoms with Gasteiger partial charge in [-0.15, -0.1) is 0 Å². The SMILES string of the molecule is Cc1nc(C2(NC(=O)C(C)C3CNC3)CCCC2)no1. The molecule has 2 heterocycles. The second kappa shape index (κ2) is 5.16. The molecule has 20 heavy (non-hydrogen) atoms. The van der Waals surface area contributed by atoms with Gasteiger partial charge in [0.1, 0.15) is 5.54 Å². The third-order valence-electron chi connectivity index (χ3n) is 4.71. The summed E-state index contributed by atoms with van der Waals surface area (Å²) in [6.07, 6.45) is 3.97. The van der Waals surface area contributed by atoms with Gasteiger partial charge in [-0.25, -0.2) is 0 Å². The molecule has 2 fully saturated rings. The molecule has 1 amide bonds. The number of nitrogens with one attached hydrogen (secondary N) is 2. The number of aromatic nitrogens is 2. The van der Waals surface area contributed by atoms with Crippen molar-refractivity contribution in [3.05, 3.63) is 11.7 Å². The molecule has 1 atom stereocenters. The molecule has 0 spiro atoms. The minimum Gasteiger partial charge on any atom is -0.343 e. The molecule has 0 aromatic carbocycles. The zero-order valence-corrected chi connectivity index (χ0v) is 12.1. The Balaban J connectivity index is 1.75. The molecule has 1 unspecified atom stereocenters. The lowest BCUT2D eigenvalue weighted by Gasteiger charge is -2.34. The first-order valence-electron chi connectivity index (χ1n) is 7.44. The summed E-state index contributed by atoms with van der Waals surface area (Å²) in [6.45, 7) is 5.65. The van der Waals surface area contributed by atoms with Crippen LogP contribution in [-0.4, -0.2) is 29.1 Å². The van der Waals surface area contributed by atoms with Gasteiger partial charge in [0.15, 0.2) is 5.82 Å². The summed E-state index contributed by atoms with van der Waals surface area (Å²) in [4.78, 5) is 16.8. The van der Waals surface area contributed by atoms with Gasteiger partial charge in [-0.3, -0.25) is 4.79 Å². The van der Waals surface area contributed by atoms with Crippen LogP contribution in [0.1, 0.15) is 44.3 Å². The molecule has 0 bridgehead atoms. The summed E-state index contributed by atoms with van der Waals surface area (Å²) in [5, 5.41) is 10.5. The Hall–Kier alpha value is -1.43. The summed E-state index contributed by atoms with van der Waals surface area (Å²) in [5.41, 5.74) is -0.416. The Morgan fingerprint density at radius 3 is 2.65 bits per heavy atom. The highest BCUT2D eigenvalue weighted by Crippen LogP contribution is 2.37. The monoisotopic (exact) mass is 278 g/mol. The predicted molar refractivity (Wildman–Crippen MR) is 72.8 cm³/mol. The Morgan fingerprint density at radius 1 is 1.45 bits per heavy atom. The second-order valence-corrected chi connectivity index (χ2v) is 6.12. The van der Waals surface area contributed by atoms with Crippen LogP contribution in [0.3, 0.4) is 0 Å². The standard InChI is InChI=1S/C14H22N4O2/c1-9(11-7-15-8-11)12(19)17-14(5-3-4-6-14)13-16-10(2)20-18-13/h9,11,15H,3-8H2,1-2H3,(H,17,19). The van der Waals surface area contributed by atoms with Crippen LogP contribution in [0, 0.1) is 18.8 Å². The van der Waals surface area contributed by atoms with Gasteiger partial charge in [0.05, 0.1) is 0 Å². The van der Waals surface area contributed by atoms with Crippen molar-refractivity contribution in [1.29, 1.82) is 0 Å². The van der Waals surface area contributed by atoms with Gasteiger partial charge in [-0.1, -0.05) is 24.9 Å². The van der Waals surface area contributed by atoms with E-state index >= 15 is 0 Å². The molecule has 6 heteroatoms. The van der Waals surface area contributed by atoms with Crippen LogP contribution >= 0.6 is 0 Å². The van der Waals surface area contributed by atoms with Gasteiger partial charge in [-0.2, -0.15) is 4.98 Å². The third-order valence-corrected chi connectivity index (χ3v) is 4.71. The number of nitrogens with zero attached hydrogens (tertiary/aromatic N) is 2. The fourth-order valence-electron chi connectivity index (χ4n) is 3.10. The van der Waals surface area contributed by atoms with Crippen LogP contribution in [0.5, 0.6) is 0 Å². The first-order chi connectivity index (χ1) is 9.61. The van der Waals surface area contributed by atoms with Crippen molar-refractivity contribution in [2.75, 3.05) is 13.1 Å². The van der Waals surface area contributed by atoms with E-state index in [1.165, 1.54) is 0 Å². The first-order valence-corrected chi connectivity index (χ1v) is 7.44. The van der Waals surface area contributed by atoms with E-state index in [4.69, 9.17) is 4.52 Å². The zero-order valence-electron chi connectivity index (χ0n) is 12.1. The van der Waals surface area contributed by atoms with Crippen LogP contribution in [0.4, 0.5) is 0 Å². The maximum Gasteiger partial charge on any atom is 0.224 e. The molecule has 2 aliphatic rings. The Morgan fingerprint density at radius 2 is 2.15 bits per heavy atom. The van der Waals surface area contributed by atoms with E-state index in [0.29, 0.717) is 17.6 Å². The molecule has 2 N–H and O–H groups in total. The second-order valence-electron chi connectivity index (χ2n) is 6.12. The lowest BCUT2D eigenvalue weighted by Crippen LogP contribution is -2.53. The van der Waals surface area contributed by atoms with Gasteiger partial charge in [0, 0.05) is 12.8 Å². The summed E-state index contributed by atoms with van der Waals surface area (Å²) in [6, 6.07) is 0. The topological polar surface area (TPSA) is 80.0 Å². The highest BCUT2D eigenvalue weighted by molar-refractivity contribution is 5.79. The number of carbonyl (C=O) groups excluding carboxylic acids is 1. The molecule has 1 saturated heterocycles. The third kappa shape index (κ3) is 2.32. The van der Waals surface area contributed by atoms with E-state index in [1.54, 1.807) is 6.92 Å². The van der Waals surface area contributed by atoms with Gasteiger partial charge in [-0.05, 0) is 31.8 Å². The lowest BCUT2D eigenvalue weighted by atomic mass is 9.86. The van der Waals surface area contributed by atoms with Crippen LogP contribution in [0.15, 0.2) is 4.52 Å². The average Bonchev–Trinajstić information content (AvgIpc) is 2.96. The van der Waals surface area contributed by atoms with Gasteiger partial charge in [0.25, 0.3) is 0 Å². The molecule has 1 saturated carbocycles. The van der Waals surface area contributed by atoms with E-state index in [9.17, 15) is 4.79 Å². The van der Waals surface area contributed by atoms with Crippen LogP contribution in [0.25, 0.3) is 0 Å². The van der Waals surface area contributed by atoms with Crippen LogP contribution in [-0.2, 0) is 10.3 Å².